The quantitative estimate of drug-likeness (QED) is 0.758. The predicted molar refractivity (Wildman–Crippen MR) is 59.9 cm³/mol. The Bertz CT molecular complexity index is 291. The summed E-state index contributed by atoms with van der Waals surface area (Å²) in [6, 6.07) is 9.25. The zero-order valence-corrected chi connectivity index (χ0v) is 9.65. The van der Waals surface area contributed by atoms with Gasteiger partial charge in [-0.25, -0.2) is 4.79 Å². The first kappa shape index (κ1) is 13.5. The summed E-state index contributed by atoms with van der Waals surface area (Å²) >= 11 is 0. The molecule has 84 valence electrons. The Labute approximate surface area is 90.7 Å². The first-order valence-electron chi connectivity index (χ1n) is 5.00. The van der Waals surface area contributed by atoms with E-state index in [1.165, 1.54) is 0 Å². The maximum Gasteiger partial charge on any atom is 0.506 e. The van der Waals surface area contributed by atoms with Crippen molar-refractivity contribution in [3.8, 4) is 0 Å². The monoisotopic (exact) mass is 210 g/mol. The van der Waals surface area contributed by atoms with E-state index in [1.54, 1.807) is 13.8 Å². The zero-order chi connectivity index (χ0) is 11.9. The SMILES string of the molecule is CC.CC(C)(OC(=O)O)c1ccccc1. The number of benzene rings is 1. The summed E-state index contributed by atoms with van der Waals surface area (Å²) in [6.45, 7) is 7.44. The van der Waals surface area contributed by atoms with Crippen molar-refractivity contribution in [2.24, 2.45) is 0 Å². The molecule has 0 heterocycles. The van der Waals surface area contributed by atoms with Crippen molar-refractivity contribution >= 4 is 6.16 Å². The van der Waals surface area contributed by atoms with Crippen LogP contribution in [0.2, 0.25) is 0 Å². The van der Waals surface area contributed by atoms with Crippen molar-refractivity contribution in [3.05, 3.63) is 35.9 Å². The molecule has 1 N–H and O–H groups in total. The van der Waals surface area contributed by atoms with Crippen molar-refractivity contribution in [3.63, 3.8) is 0 Å². The number of carbonyl (C=O) groups is 1. The molecule has 0 bridgehead atoms. The van der Waals surface area contributed by atoms with Crippen molar-refractivity contribution < 1.29 is 14.6 Å². The first-order valence-corrected chi connectivity index (χ1v) is 5.00. The Hall–Kier alpha value is -1.51. The number of rotatable bonds is 2. The fourth-order valence-electron chi connectivity index (χ4n) is 1.12. The molecular formula is C12H18O3. The van der Waals surface area contributed by atoms with E-state index in [4.69, 9.17) is 9.84 Å². The van der Waals surface area contributed by atoms with Gasteiger partial charge in [0.15, 0.2) is 0 Å². The van der Waals surface area contributed by atoms with Gasteiger partial charge in [0.1, 0.15) is 5.60 Å². The normalized spacial score (nSPS) is 9.87. The van der Waals surface area contributed by atoms with Gasteiger partial charge in [-0.3, -0.25) is 0 Å². The third-order valence-corrected chi connectivity index (χ3v) is 1.81. The maximum atomic E-state index is 10.4. The summed E-state index contributed by atoms with van der Waals surface area (Å²) in [5, 5.41) is 8.49. The van der Waals surface area contributed by atoms with Gasteiger partial charge in [-0.1, -0.05) is 44.2 Å². The molecule has 0 amide bonds. The van der Waals surface area contributed by atoms with Crippen LogP contribution in [0.4, 0.5) is 4.79 Å². The number of carboxylic acid groups (broad SMARTS) is 1. The fraction of sp³-hybridized carbons (Fsp3) is 0.417. The van der Waals surface area contributed by atoms with Gasteiger partial charge in [-0.15, -0.1) is 0 Å². The average Bonchev–Trinajstić information content (AvgIpc) is 2.20. The van der Waals surface area contributed by atoms with Crippen molar-refractivity contribution in [1.29, 1.82) is 0 Å². The Morgan fingerprint density at radius 1 is 1.20 bits per heavy atom. The van der Waals surface area contributed by atoms with E-state index in [0.717, 1.165) is 5.56 Å². The zero-order valence-electron chi connectivity index (χ0n) is 9.65. The minimum atomic E-state index is -1.26. The van der Waals surface area contributed by atoms with Crippen LogP contribution in [0.3, 0.4) is 0 Å². The summed E-state index contributed by atoms with van der Waals surface area (Å²) in [7, 11) is 0. The van der Waals surface area contributed by atoms with E-state index in [9.17, 15) is 4.79 Å². The fourth-order valence-corrected chi connectivity index (χ4v) is 1.12. The molecule has 3 nitrogen and oxygen atoms in total. The van der Waals surface area contributed by atoms with Gasteiger partial charge in [0, 0.05) is 0 Å². The highest BCUT2D eigenvalue weighted by Gasteiger charge is 2.24. The molecule has 0 fully saturated rings. The molecule has 0 atom stereocenters. The van der Waals surface area contributed by atoms with E-state index in [-0.39, 0.29) is 0 Å². The molecule has 15 heavy (non-hydrogen) atoms. The van der Waals surface area contributed by atoms with Crippen LogP contribution in [0.25, 0.3) is 0 Å². The van der Waals surface area contributed by atoms with Crippen LogP contribution in [0.5, 0.6) is 0 Å². The topological polar surface area (TPSA) is 46.5 Å². The van der Waals surface area contributed by atoms with Crippen LogP contribution >= 0.6 is 0 Å². The predicted octanol–water partition coefficient (Wildman–Crippen LogP) is 3.64. The molecule has 0 saturated heterocycles. The lowest BCUT2D eigenvalue weighted by atomic mass is 9.98. The average molecular weight is 210 g/mol. The largest absolute Gasteiger partial charge is 0.506 e. The van der Waals surface area contributed by atoms with E-state index >= 15 is 0 Å². The third-order valence-electron chi connectivity index (χ3n) is 1.81. The standard InChI is InChI=1S/C10H12O3.C2H6/c1-10(2,13-9(11)12)8-6-4-3-5-7-8;1-2/h3-7H,1-2H3,(H,11,12);1-2H3. The van der Waals surface area contributed by atoms with Crippen LogP contribution < -0.4 is 0 Å². The third kappa shape index (κ3) is 4.49. The van der Waals surface area contributed by atoms with E-state index in [1.807, 2.05) is 44.2 Å². The summed E-state index contributed by atoms with van der Waals surface area (Å²) < 4.78 is 4.74. The second-order valence-electron chi connectivity index (χ2n) is 3.24. The molecule has 0 aliphatic heterocycles. The number of hydrogen-bond acceptors (Lipinski definition) is 2. The van der Waals surface area contributed by atoms with Crippen LogP contribution in [0, 0.1) is 0 Å². The lowest BCUT2D eigenvalue weighted by Gasteiger charge is -2.23. The minimum absolute atomic E-state index is 0.785. The molecule has 0 aliphatic carbocycles. The highest BCUT2D eigenvalue weighted by Crippen LogP contribution is 2.23. The molecule has 0 aromatic heterocycles. The van der Waals surface area contributed by atoms with Crippen molar-refractivity contribution in [2.45, 2.75) is 33.3 Å². The molecule has 0 saturated carbocycles. The van der Waals surface area contributed by atoms with Gasteiger partial charge >= 0.3 is 6.16 Å². The highest BCUT2D eigenvalue weighted by molar-refractivity contribution is 5.57. The van der Waals surface area contributed by atoms with Gasteiger partial charge in [0.2, 0.25) is 0 Å². The van der Waals surface area contributed by atoms with Crippen LogP contribution in [-0.2, 0) is 10.3 Å². The van der Waals surface area contributed by atoms with Crippen molar-refractivity contribution in [1.82, 2.24) is 0 Å². The van der Waals surface area contributed by atoms with Gasteiger partial charge < -0.3 is 9.84 Å². The summed E-state index contributed by atoms with van der Waals surface area (Å²) in [5.41, 5.74) is 0.0602. The molecular weight excluding hydrogens is 192 g/mol. The molecule has 1 aromatic rings. The van der Waals surface area contributed by atoms with Crippen LogP contribution in [0.15, 0.2) is 30.3 Å². The second kappa shape index (κ2) is 6.06. The van der Waals surface area contributed by atoms with E-state index < -0.39 is 11.8 Å². The number of hydrogen-bond donors (Lipinski definition) is 1. The Kier molecular flexibility index (Phi) is 5.45. The molecule has 0 aliphatic rings. The Morgan fingerprint density at radius 2 is 1.67 bits per heavy atom. The van der Waals surface area contributed by atoms with Crippen molar-refractivity contribution in [2.75, 3.05) is 0 Å². The molecule has 0 radical (unpaired) electrons. The first-order chi connectivity index (χ1) is 7.02. The van der Waals surface area contributed by atoms with Crippen LogP contribution in [0.1, 0.15) is 33.3 Å². The lowest BCUT2D eigenvalue weighted by Crippen LogP contribution is -2.24. The molecule has 0 spiro atoms. The lowest BCUT2D eigenvalue weighted by molar-refractivity contribution is 0.00103. The van der Waals surface area contributed by atoms with Gasteiger partial charge in [0.25, 0.3) is 0 Å². The van der Waals surface area contributed by atoms with Crippen LogP contribution in [-0.4, -0.2) is 11.3 Å². The van der Waals surface area contributed by atoms with Gasteiger partial charge in [0.05, 0.1) is 0 Å². The minimum Gasteiger partial charge on any atom is -0.450 e. The van der Waals surface area contributed by atoms with E-state index in [0.29, 0.717) is 0 Å². The molecule has 3 heteroatoms. The summed E-state index contributed by atoms with van der Waals surface area (Å²) in [5.74, 6) is 0. The summed E-state index contributed by atoms with van der Waals surface area (Å²) in [4.78, 5) is 10.4. The molecule has 1 aromatic carbocycles. The molecule has 0 unspecified atom stereocenters. The second-order valence-corrected chi connectivity index (χ2v) is 3.24. The smallest absolute Gasteiger partial charge is 0.450 e. The summed E-state index contributed by atoms with van der Waals surface area (Å²) in [6.07, 6.45) is -1.26. The number of ether oxygens (including phenoxy) is 1. The Morgan fingerprint density at radius 3 is 2.07 bits per heavy atom. The van der Waals surface area contributed by atoms with E-state index in [2.05, 4.69) is 0 Å². The highest BCUT2D eigenvalue weighted by atomic mass is 16.7. The molecule has 1 rings (SSSR count). The van der Waals surface area contributed by atoms with Gasteiger partial charge in [-0.2, -0.15) is 0 Å². The maximum absolute atomic E-state index is 10.4. The van der Waals surface area contributed by atoms with Gasteiger partial charge in [-0.05, 0) is 19.4 Å². The Balaban J connectivity index is 0.000000921.